The van der Waals surface area contributed by atoms with Gasteiger partial charge in [0.05, 0.1) is 23.3 Å². The third-order valence-electron chi connectivity index (χ3n) is 8.50. The number of hydrogen-bond donors (Lipinski definition) is 2. The van der Waals surface area contributed by atoms with Gasteiger partial charge < -0.3 is 10.1 Å². The molecular formula is C26H28N2O5S2. The lowest BCUT2D eigenvalue weighted by Crippen LogP contribution is -2.42. The zero-order chi connectivity index (χ0) is 24.8. The molecule has 2 aromatic rings. The second kappa shape index (κ2) is 7.80. The topological polar surface area (TPSA) is 108 Å². The second-order valence-electron chi connectivity index (χ2n) is 11.3. The predicted octanol–water partition coefficient (Wildman–Crippen LogP) is 3.68. The smallest absolute Gasteiger partial charge is 0.305 e. The Morgan fingerprint density at radius 3 is 2.37 bits per heavy atom. The van der Waals surface area contributed by atoms with Gasteiger partial charge in [-0.25, -0.2) is 0 Å². The van der Waals surface area contributed by atoms with Gasteiger partial charge in [-0.1, -0.05) is 56.4 Å². The second-order valence-corrected chi connectivity index (χ2v) is 13.5. The van der Waals surface area contributed by atoms with Crippen LogP contribution in [0.25, 0.3) is 0 Å². The van der Waals surface area contributed by atoms with E-state index in [9.17, 15) is 19.2 Å². The molecule has 7 nitrogen and oxygen atoms in total. The van der Waals surface area contributed by atoms with Crippen molar-refractivity contribution in [3.63, 3.8) is 0 Å². The van der Waals surface area contributed by atoms with Gasteiger partial charge in [0.2, 0.25) is 11.8 Å². The van der Waals surface area contributed by atoms with Crippen LogP contribution in [0.3, 0.4) is 0 Å². The molecule has 4 aliphatic rings. The number of benzene rings is 1. The number of carbonyl (C=O) groups is 3. The molecule has 2 aliphatic carbocycles. The molecule has 3 heterocycles. The van der Waals surface area contributed by atoms with Crippen molar-refractivity contribution in [1.29, 1.82) is 0 Å². The maximum absolute atomic E-state index is 13.4. The van der Waals surface area contributed by atoms with E-state index in [4.69, 9.17) is 5.11 Å². The van der Waals surface area contributed by atoms with Crippen LogP contribution in [0, 0.1) is 29.6 Å². The van der Waals surface area contributed by atoms with E-state index >= 15 is 0 Å². The monoisotopic (exact) mass is 512 g/mol. The summed E-state index contributed by atoms with van der Waals surface area (Å²) in [6.45, 7) is 6.49. The molecule has 0 radical (unpaired) electrons. The van der Waals surface area contributed by atoms with Crippen LogP contribution in [0.5, 0.6) is 0 Å². The zero-order valence-corrected chi connectivity index (χ0v) is 21.4. The molecule has 3 fully saturated rings. The molecule has 2 aliphatic heterocycles. The molecular weight excluding hydrogens is 484 g/mol. The summed E-state index contributed by atoms with van der Waals surface area (Å²) in [5.41, 5.74) is 2.42. The Morgan fingerprint density at radius 2 is 1.74 bits per heavy atom. The maximum Gasteiger partial charge on any atom is 0.305 e. The van der Waals surface area contributed by atoms with Gasteiger partial charge in [-0.2, -0.15) is 0 Å². The van der Waals surface area contributed by atoms with Crippen LogP contribution in [-0.4, -0.2) is 44.6 Å². The number of imide groups is 1. The molecule has 9 heteroatoms. The Balaban J connectivity index is 1.40. The number of hydrogen-bond acceptors (Lipinski definition) is 6. The SMILES string of the molecule is CC(C)(C)c1ccc([C@@H]2c3sc(=O)[nH]c3S[C@@H]3[C@H]4C[C@@H]([C@@H]5C(=O)N(CCC(=O)O)C(=O)[C@@H]45)[C@@H]23)cc1. The van der Waals surface area contributed by atoms with Gasteiger partial charge in [0.15, 0.2) is 0 Å². The highest BCUT2D eigenvalue weighted by Crippen LogP contribution is 2.68. The number of nitrogens with one attached hydrogen (secondary N) is 1. The maximum atomic E-state index is 13.4. The van der Waals surface area contributed by atoms with Crippen LogP contribution in [0.4, 0.5) is 0 Å². The Hall–Kier alpha value is -2.39. The number of rotatable bonds is 4. The summed E-state index contributed by atoms with van der Waals surface area (Å²) in [5, 5.41) is 10.1. The highest BCUT2D eigenvalue weighted by Gasteiger charge is 2.69. The molecule has 2 amide bonds. The van der Waals surface area contributed by atoms with Crippen molar-refractivity contribution in [3.8, 4) is 0 Å². The highest BCUT2D eigenvalue weighted by atomic mass is 32.2. The van der Waals surface area contributed by atoms with Gasteiger partial charge in [0.25, 0.3) is 0 Å². The molecule has 35 heavy (non-hydrogen) atoms. The van der Waals surface area contributed by atoms with Crippen molar-refractivity contribution < 1.29 is 19.5 Å². The van der Waals surface area contributed by atoms with E-state index in [1.165, 1.54) is 21.8 Å². The molecule has 7 atom stereocenters. The number of thioether (sulfide) groups is 1. The first-order chi connectivity index (χ1) is 16.6. The predicted molar refractivity (Wildman–Crippen MR) is 133 cm³/mol. The Labute approximate surface area is 211 Å². The van der Waals surface area contributed by atoms with Gasteiger partial charge in [-0.15, -0.1) is 11.8 Å². The third kappa shape index (κ3) is 3.38. The first kappa shape index (κ1) is 23.0. The van der Waals surface area contributed by atoms with Gasteiger partial charge in [0, 0.05) is 22.6 Å². The number of fused-ring (bicyclic) bond motifs is 9. The summed E-state index contributed by atoms with van der Waals surface area (Å²) >= 11 is 2.93. The van der Waals surface area contributed by atoms with Crippen LogP contribution in [0.2, 0.25) is 0 Å². The van der Waals surface area contributed by atoms with E-state index in [1.807, 2.05) is 0 Å². The van der Waals surface area contributed by atoms with Gasteiger partial charge in [0.1, 0.15) is 0 Å². The van der Waals surface area contributed by atoms with Crippen molar-refractivity contribution in [2.45, 2.75) is 55.2 Å². The summed E-state index contributed by atoms with van der Waals surface area (Å²) in [4.78, 5) is 55.3. The molecule has 2 saturated carbocycles. The number of likely N-dealkylation sites (tertiary alicyclic amines) is 1. The summed E-state index contributed by atoms with van der Waals surface area (Å²) in [7, 11) is 0. The minimum absolute atomic E-state index is 0.00106. The molecule has 184 valence electrons. The minimum atomic E-state index is -1.01. The molecule has 0 spiro atoms. The van der Waals surface area contributed by atoms with Crippen molar-refractivity contribution in [1.82, 2.24) is 9.88 Å². The number of carboxylic acid groups (broad SMARTS) is 1. The van der Waals surface area contributed by atoms with Crippen molar-refractivity contribution >= 4 is 40.9 Å². The summed E-state index contributed by atoms with van der Waals surface area (Å²) < 4.78 is 0. The number of aromatic nitrogens is 1. The molecule has 0 unspecified atom stereocenters. The van der Waals surface area contributed by atoms with Crippen LogP contribution in [-0.2, 0) is 19.8 Å². The lowest BCUT2D eigenvalue weighted by atomic mass is 9.68. The first-order valence-corrected chi connectivity index (χ1v) is 13.8. The van der Waals surface area contributed by atoms with E-state index in [-0.39, 0.29) is 75.8 Å². The number of nitrogens with zero attached hydrogens (tertiary/aromatic N) is 1. The van der Waals surface area contributed by atoms with Crippen LogP contribution in [0.15, 0.2) is 34.1 Å². The molecule has 6 rings (SSSR count). The summed E-state index contributed by atoms with van der Waals surface area (Å²) in [5.74, 6) is -1.91. The van der Waals surface area contributed by atoms with Crippen LogP contribution < -0.4 is 4.87 Å². The molecule has 1 aromatic carbocycles. The highest BCUT2D eigenvalue weighted by molar-refractivity contribution is 8.00. The minimum Gasteiger partial charge on any atom is -0.481 e. The summed E-state index contributed by atoms with van der Waals surface area (Å²) in [6.07, 6.45) is 0.604. The number of aliphatic carboxylic acids is 1. The number of thiazole rings is 1. The van der Waals surface area contributed by atoms with Gasteiger partial charge in [-0.05, 0) is 40.7 Å². The van der Waals surface area contributed by atoms with Crippen LogP contribution >= 0.6 is 23.1 Å². The quantitative estimate of drug-likeness (QED) is 0.605. The van der Waals surface area contributed by atoms with Crippen molar-refractivity contribution in [2.75, 3.05) is 6.54 Å². The fourth-order valence-corrected chi connectivity index (χ4v) is 9.96. The van der Waals surface area contributed by atoms with E-state index in [1.54, 1.807) is 11.8 Å². The zero-order valence-electron chi connectivity index (χ0n) is 19.8. The normalized spacial score (nSPS) is 33.1. The van der Waals surface area contributed by atoms with E-state index in [0.717, 1.165) is 21.9 Å². The van der Waals surface area contributed by atoms with Crippen molar-refractivity contribution in [2.24, 2.45) is 29.6 Å². The standard InChI is InChI=1S/C26H28N2O5S2/c1-26(2,3)12-6-4-11(5-7-12)16-17-13-10-14(20(17)34-22-21(16)35-25(33)27-22)19-18(13)23(31)28(24(19)32)9-8-15(29)30/h4-7,13-14,16-20H,8-10H2,1-3H3,(H,27,33)(H,29,30)/t13-,14+,16+,17+,18+,19+,20-/m1/s1. The molecule has 2 N–H and O–H groups in total. The van der Waals surface area contributed by atoms with Gasteiger partial charge in [-0.3, -0.25) is 24.1 Å². The molecule has 2 bridgehead atoms. The average Bonchev–Trinajstić information content (AvgIpc) is 3.51. The summed E-state index contributed by atoms with van der Waals surface area (Å²) in [6, 6.07) is 8.65. The molecule has 1 aromatic heterocycles. The van der Waals surface area contributed by atoms with E-state index < -0.39 is 5.97 Å². The average molecular weight is 513 g/mol. The largest absolute Gasteiger partial charge is 0.481 e. The molecule has 1 saturated heterocycles. The number of carbonyl (C=O) groups excluding carboxylic acids is 2. The van der Waals surface area contributed by atoms with Crippen molar-refractivity contribution in [3.05, 3.63) is 49.9 Å². The fraction of sp³-hybridized carbons (Fsp3) is 0.538. The lowest BCUT2D eigenvalue weighted by Gasteiger charge is -2.43. The van der Waals surface area contributed by atoms with E-state index in [0.29, 0.717) is 0 Å². The third-order valence-corrected chi connectivity index (χ3v) is 11.1. The Kier molecular flexibility index (Phi) is 5.14. The number of carboxylic acids is 1. The van der Waals surface area contributed by atoms with E-state index in [2.05, 4.69) is 50.0 Å². The Bertz CT molecular complexity index is 1290. The number of aromatic amines is 1. The number of amides is 2. The Morgan fingerprint density at radius 1 is 1.09 bits per heavy atom. The van der Waals surface area contributed by atoms with Gasteiger partial charge >= 0.3 is 10.8 Å². The number of H-pyrrole nitrogens is 1. The fourth-order valence-electron chi connectivity index (χ4n) is 7.07. The first-order valence-electron chi connectivity index (χ1n) is 12.1. The lowest BCUT2D eigenvalue weighted by molar-refractivity contribution is -0.142. The van der Waals surface area contributed by atoms with Crippen LogP contribution in [0.1, 0.15) is 55.5 Å².